The summed E-state index contributed by atoms with van der Waals surface area (Å²) in [5.41, 5.74) is 1.92. The van der Waals surface area contributed by atoms with Gasteiger partial charge < -0.3 is 9.42 Å². The Labute approximate surface area is 180 Å². The van der Waals surface area contributed by atoms with Crippen LogP contribution in [0.5, 0.6) is 0 Å². The number of anilines is 1. The maximum atomic E-state index is 12.7. The standard InChI is InChI=1S/C20H21ClN4O4S/c1-14-9-10-16(11-17(14)21)25(30(3,27)28)13-19(26)24(2)12-18-22-20(23-29-18)15-7-5-4-6-8-15/h4-11H,12-13H2,1-3H3. The number of benzene rings is 2. The van der Waals surface area contributed by atoms with E-state index in [1.165, 1.54) is 18.0 Å². The molecule has 1 heterocycles. The Kier molecular flexibility index (Phi) is 6.42. The molecule has 2 aromatic carbocycles. The van der Waals surface area contributed by atoms with Crippen LogP contribution in [-0.4, -0.2) is 49.2 Å². The van der Waals surface area contributed by atoms with Crippen LogP contribution in [0.25, 0.3) is 11.4 Å². The topological polar surface area (TPSA) is 96.6 Å². The molecule has 10 heteroatoms. The zero-order valence-electron chi connectivity index (χ0n) is 16.7. The average Bonchev–Trinajstić information content (AvgIpc) is 3.16. The van der Waals surface area contributed by atoms with E-state index in [1.807, 2.05) is 37.3 Å². The zero-order chi connectivity index (χ0) is 21.9. The van der Waals surface area contributed by atoms with Gasteiger partial charge in [-0.3, -0.25) is 9.10 Å². The molecule has 0 aliphatic carbocycles. The molecule has 0 radical (unpaired) electrons. The van der Waals surface area contributed by atoms with Gasteiger partial charge >= 0.3 is 0 Å². The molecule has 0 saturated carbocycles. The average molecular weight is 449 g/mol. The molecule has 0 fully saturated rings. The van der Waals surface area contributed by atoms with Gasteiger partial charge in [-0.25, -0.2) is 8.42 Å². The van der Waals surface area contributed by atoms with Crippen molar-refractivity contribution in [3.05, 3.63) is 65.0 Å². The Morgan fingerprint density at radius 1 is 1.17 bits per heavy atom. The van der Waals surface area contributed by atoms with Crippen molar-refractivity contribution in [3.8, 4) is 11.4 Å². The summed E-state index contributed by atoms with van der Waals surface area (Å²) < 4.78 is 30.8. The Balaban J connectivity index is 1.73. The first kappa shape index (κ1) is 21.8. The largest absolute Gasteiger partial charge is 0.337 e. The molecule has 0 unspecified atom stereocenters. The van der Waals surface area contributed by atoms with Gasteiger partial charge in [-0.05, 0) is 24.6 Å². The molecule has 0 bridgehead atoms. The number of nitrogens with zero attached hydrogens (tertiary/aromatic N) is 4. The molecule has 0 N–H and O–H groups in total. The second-order valence-electron chi connectivity index (χ2n) is 6.83. The van der Waals surface area contributed by atoms with E-state index in [0.717, 1.165) is 21.7 Å². The lowest BCUT2D eigenvalue weighted by Gasteiger charge is -2.25. The number of amides is 1. The van der Waals surface area contributed by atoms with Crippen LogP contribution < -0.4 is 4.31 Å². The smallest absolute Gasteiger partial charge is 0.246 e. The SMILES string of the molecule is Cc1ccc(N(CC(=O)N(C)Cc2nc(-c3ccccc3)no2)S(C)(=O)=O)cc1Cl. The number of likely N-dealkylation sites (N-methyl/N-ethyl adjacent to an activating group) is 1. The van der Waals surface area contributed by atoms with Crippen LogP contribution >= 0.6 is 11.6 Å². The maximum absolute atomic E-state index is 12.7. The van der Waals surface area contributed by atoms with E-state index in [2.05, 4.69) is 10.1 Å². The van der Waals surface area contributed by atoms with Crippen LogP contribution in [0.15, 0.2) is 53.1 Å². The quantitative estimate of drug-likeness (QED) is 0.551. The van der Waals surface area contributed by atoms with Crippen molar-refractivity contribution in [2.45, 2.75) is 13.5 Å². The number of rotatable bonds is 7. The molecule has 1 aromatic heterocycles. The molecule has 0 atom stereocenters. The Morgan fingerprint density at radius 3 is 2.50 bits per heavy atom. The van der Waals surface area contributed by atoms with Gasteiger partial charge in [0, 0.05) is 17.6 Å². The molecule has 158 valence electrons. The first-order valence-electron chi connectivity index (χ1n) is 9.01. The highest BCUT2D eigenvalue weighted by Gasteiger charge is 2.24. The second kappa shape index (κ2) is 8.85. The number of carbonyl (C=O) groups excluding carboxylic acids is 1. The van der Waals surface area contributed by atoms with Crippen molar-refractivity contribution in [3.63, 3.8) is 0 Å². The van der Waals surface area contributed by atoms with E-state index in [4.69, 9.17) is 16.1 Å². The fourth-order valence-electron chi connectivity index (χ4n) is 2.70. The first-order chi connectivity index (χ1) is 14.1. The monoisotopic (exact) mass is 448 g/mol. The number of carbonyl (C=O) groups is 1. The normalized spacial score (nSPS) is 11.3. The minimum absolute atomic E-state index is 0.0466. The van der Waals surface area contributed by atoms with E-state index in [-0.39, 0.29) is 19.0 Å². The van der Waals surface area contributed by atoms with Crippen molar-refractivity contribution < 1.29 is 17.7 Å². The van der Waals surface area contributed by atoms with Crippen molar-refractivity contribution in [2.24, 2.45) is 0 Å². The van der Waals surface area contributed by atoms with Crippen LogP contribution in [0, 0.1) is 6.92 Å². The lowest BCUT2D eigenvalue weighted by molar-refractivity contribution is -0.129. The van der Waals surface area contributed by atoms with Crippen LogP contribution in [0.4, 0.5) is 5.69 Å². The molecule has 0 aliphatic heterocycles. The molecule has 0 spiro atoms. The molecular formula is C20H21ClN4O4S. The predicted octanol–water partition coefficient (Wildman–Crippen LogP) is 3.12. The highest BCUT2D eigenvalue weighted by Crippen LogP contribution is 2.25. The van der Waals surface area contributed by atoms with Crippen LogP contribution in [0.1, 0.15) is 11.5 Å². The van der Waals surface area contributed by atoms with Crippen molar-refractivity contribution in [1.82, 2.24) is 15.0 Å². The van der Waals surface area contributed by atoms with Crippen LogP contribution in [0.3, 0.4) is 0 Å². The van der Waals surface area contributed by atoms with Gasteiger partial charge in [0.1, 0.15) is 6.54 Å². The number of hydrogen-bond donors (Lipinski definition) is 0. The number of aromatic nitrogens is 2. The van der Waals surface area contributed by atoms with Crippen molar-refractivity contribution in [1.29, 1.82) is 0 Å². The highest BCUT2D eigenvalue weighted by atomic mass is 35.5. The summed E-state index contributed by atoms with van der Waals surface area (Å²) in [7, 11) is -2.17. The van der Waals surface area contributed by atoms with E-state index in [1.54, 1.807) is 12.1 Å². The van der Waals surface area contributed by atoms with Gasteiger partial charge in [0.25, 0.3) is 0 Å². The van der Waals surface area contributed by atoms with E-state index >= 15 is 0 Å². The number of halogens is 1. The fourth-order valence-corrected chi connectivity index (χ4v) is 3.71. The predicted molar refractivity (Wildman–Crippen MR) is 115 cm³/mol. The van der Waals surface area contributed by atoms with Gasteiger partial charge in [0.05, 0.1) is 18.5 Å². The third-order valence-electron chi connectivity index (χ3n) is 4.42. The zero-order valence-corrected chi connectivity index (χ0v) is 18.3. The van der Waals surface area contributed by atoms with Crippen LogP contribution in [-0.2, 0) is 21.4 Å². The Morgan fingerprint density at radius 2 is 1.87 bits per heavy atom. The lowest BCUT2D eigenvalue weighted by Crippen LogP contribution is -2.41. The summed E-state index contributed by atoms with van der Waals surface area (Å²) in [6, 6.07) is 14.1. The number of sulfonamides is 1. The first-order valence-corrected chi connectivity index (χ1v) is 11.2. The molecule has 3 aromatic rings. The molecule has 0 saturated heterocycles. The van der Waals surface area contributed by atoms with Gasteiger partial charge in [0.15, 0.2) is 0 Å². The third kappa shape index (κ3) is 5.17. The molecule has 8 nitrogen and oxygen atoms in total. The molecule has 3 rings (SSSR count). The summed E-state index contributed by atoms with van der Waals surface area (Å²) in [6.45, 7) is 1.48. The summed E-state index contributed by atoms with van der Waals surface area (Å²) in [5, 5.41) is 4.34. The van der Waals surface area contributed by atoms with Gasteiger partial charge in [-0.1, -0.05) is 53.2 Å². The number of aryl methyl sites for hydroxylation is 1. The Bertz CT molecular complexity index is 1150. The summed E-state index contributed by atoms with van der Waals surface area (Å²) >= 11 is 6.12. The second-order valence-corrected chi connectivity index (χ2v) is 9.14. The summed E-state index contributed by atoms with van der Waals surface area (Å²) in [4.78, 5) is 18.3. The van der Waals surface area contributed by atoms with Crippen molar-refractivity contribution >= 4 is 33.2 Å². The minimum Gasteiger partial charge on any atom is -0.337 e. The molecule has 30 heavy (non-hydrogen) atoms. The van der Waals surface area contributed by atoms with E-state index < -0.39 is 15.9 Å². The van der Waals surface area contributed by atoms with Gasteiger partial charge in [0.2, 0.25) is 27.6 Å². The molecule has 1 amide bonds. The minimum atomic E-state index is -3.71. The maximum Gasteiger partial charge on any atom is 0.246 e. The van der Waals surface area contributed by atoms with E-state index in [0.29, 0.717) is 16.5 Å². The van der Waals surface area contributed by atoms with Gasteiger partial charge in [-0.2, -0.15) is 4.98 Å². The Hall–Kier alpha value is -2.91. The summed E-state index contributed by atoms with van der Waals surface area (Å²) in [5.74, 6) is 0.226. The number of hydrogen-bond acceptors (Lipinski definition) is 6. The molecular weight excluding hydrogens is 428 g/mol. The van der Waals surface area contributed by atoms with Gasteiger partial charge in [-0.15, -0.1) is 0 Å². The molecule has 0 aliphatic rings. The van der Waals surface area contributed by atoms with Crippen LogP contribution in [0.2, 0.25) is 5.02 Å². The fraction of sp³-hybridized carbons (Fsp3) is 0.250. The van der Waals surface area contributed by atoms with E-state index in [9.17, 15) is 13.2 Å². The highest BCUT2D eigenvalue weighted by molar-refractivity contribution is 7.92. The van der Waals surface area contributed by atoms with Crippen molar-refractivity contribution in [2.75, 3.05) is 24.2 Å². The third-order valence-corrected chi connectivity index (χ3v) is 5.97. The summed E-state index contributed by atoms with van der Waals surface area (Å²) in [6.07, 6.45) is 1.04. The lowest BCUT2D eigenvalue weighted by atomic mass is 10.2.